The molecule has 15 heavy (non-hydrogen) atoms. The van der Waals surface area contributed by atoms with E-state index >= 15 is 0 Å². The van der Waals surface area contributed by atoms with Gasteiger partial charge in [0.25, 0.3) is 0 Å². The van der Waals surface area contributed by atoms with Gasteiger partial charge >= 0.3 is 0 Å². The molecular formula is C10H14ClFN2O. The molecule has 0 heterocycles. The van der Waals surface area contributed by atoms with Gasteiger partial charge in [0, 0.05) is 30.2 Å². The molecular weight excluding hydrogens is 219 g/mol. The maximum absolute atomic E-state index is 13.3. The molecule has 0 aliphatic rings. The van der Waals surface area contributed by atoms with Gasteiger partial charge in [0.1, 0.15) is 5.82 Å². The number of nitrogens with two attached hydrogens (primary N) is 1. The first-order valence-electron chi connectivity index (χ1n) is 4.69. The highest BCUT2D eigenvalue weighted by Gasteiger charge is 2.15. The molecule has 0 bridgehead atoms. The zero-order chi connectivity index (χ0) is 11.3. The molecule has 0 aliphatic carbocycles. The zero-order valence-electron chi connectivity index (χ0n) is 8.21. The summed E-state index contributed by atoms with van der Waals surface area (Å²) in [5.41, 5.74) is 5.40. The average molecular weight is 233 g/mol. The van der Waals surface area contributed by atoms with Crippen LogP contribution < -0.4 is 11.1 Å². The van der Waals surface area contributed by atoms with Crippen LogP contribution in [0, 0.1) is 5.82 Å². The van der Waals surface area contributed by atoms with Crippen molar-refractivity contribution in [1.82, 2.24) is 5.32 Å². The van der Waals surface area contributed by atoms with Gasteiger partial charge in [-0.1, -0.05) is 17.7 Å². The fourth-order valence-corrected chi connectivity index (χ4v) is 1.56. The van der Waals surface area contributed by atoms with Crippen LogP contribution in [0.15, 0.2) is 18.2 Å². The van der Waals surface area contributed by atoms with Gasteiger partial charge in [-0.15, -0.1) is 0 Å². The van der Waals surface area contributed by atoms with Crippen LogP contribution >= 0.6 is 11.6 Å². The monoisotopic (exact) mass is 232 g/mol. The van der Waals surface area contributed by atoms with Crippen LogP contribution in [0.4, 0.5) is 4.39 Å². The summed E-state index contributed by atoms with van der Waals surface area (Å²) in [5, 5.41) is 12.8. The lowest BCUT2D eigenvalue weighted by Gasteiger charge is -2.14. The largest absolute Gasteiger partial charge is 0.387 e. The Morgan fingerprint density at radius 2 is 2.27 bits per heavy atom. The number of benzene rings is 1. The maximum Gasteiger partial charge on any atom is 0.130 e. The Bertz CT molecular complexity index is 302. The lowest BCUT2D eigenvalue weighted by atomic mass is 10.1. The van der Waals surface area contributed by atoms with Crippen molar-refractivity contribution in [1.29, 1.82) is 0 Å². The molecule has 0 amide bonds. The summed E-state index contributed by atoms with van der Waals surface area (Å²) in [6.45, 7) is 1.28. The molecule has 5 heteroatoms. The van der Waals surface area contributed by atoms with Crippen LogP contribution in [-0.4, -0.2) is 24.7 Å². The fraction of sp³-hybridized carbons (Fsp3) is 0.400. The topological polar surface area (TPSA) is 58.3 Å². The SMILES string of the molecule is NCCNCC(O)c1c(F)cccc1Cl. The number of nitrogens with one attached hydrogen (secondary N) is 1. The van der Waals surface area contributed by atoms with E-state index in [9.17, 15) is 9.50 Å². The van der Waals surface area contributed by atoms with E-state index in [0.29, 0.717) is 13.1 Å². The third-order valence-corrected chi connectivity index (χ3v) is 2.32. The summed E-state index contributed by atoms with van der Waals surface area (Å²) >= 11 is 5.78. The summed E-state index contributed by atoms with van der Waals surface area (Å²) in [5.74, 6) is -0.496. The van der Waals surface area contributed by atoms with Crippen molar-refractivity contribution in [2.75, 3.05) is 19.6 Å². The van der Waals surface area contributed by atoms with Gasteiger partial charge in [-0.05, 0) is 12.1 Å². The van der Waals surface area contributed by atoms with Gasteiger partial charge in [-0.3, -0.25) is 0 Å². The number of rotatable bonds is 5. The molecule has 0 spiro atoms. The summed E-state index contributed by atoms with van der Waals surface area (Å²) in [6.07, 6.45) is -0.953. The third kappa shape index (κ3) is 3.43. The molecule has 1 aromatic rings. The molecule has 0 fully saturated rings. The Balaban J connectivity index is 2.68. The number of aliphatic hydroxyl groups is 1. The highest BCUT2D eigenvalue weighted by atomic mass is 35.5. The van der Waals surface area contributed by atoms with E-state index in [-0.39, 0.29) is 17.1 Å². The van der Waals surface area contributed by atoms with E-state index in [2.05, 4.69) is 5.32 Å². The minimum Gasteiger partial charge on any atom is -0.387 e. The van der Waals surface area contributed by atoms with E-state index in [4.69, 9.17) is 17.3 Å². The highest BCUT2D eigenvalue weighted by molar-refractivity contribution is 6.31. The van der Waals surface area contributed by atoms with Gasteiger partial charge in [0.15, 0.2) is 0 Å². The molecule has 0 aliphatic heterocycles. The average Bonchev–Trinajstić information content (AvgIpc) is 2.18. The Kier molecular flexibility index (Phi) is 4.98. The number of hydrogen-bond donors (Lipinski definition) is 3. The van der Waals surface area contributed by atoms with Gasteiger partial charge in [-0.25, -0.2) is 4.39 Å². The van der Waals surface area contributed by atoms with Crippen molar-refractivity contribution >= 4 is 11.6 Å². The van der Waals surface area contributed by atoms with Crippen molar-refractivity contribution in [3.05, 3.63) is 34.6 Å². The second kappa shape index (κ2) is 6.02. The van der Waals surface area contributed by atoms with Gasteiger partial charge in [-0.2, -0.15) is 0 Å². The number of aliphatic hydroxyl groups excluding tert-OH is 1. The second-order valence-electron chi connectivity index (χ2n) is 3.14. The molecule has 1 aromatic carbocycles. The maximum atomic E-state index is 13.3. The summed E-state index contributed by atoms with van der Waals surface area (Å²) < 4.78 is 13.3. The van der Waals surface area contributed by atoms with E-state index in [0.717, 1.165) is 0 Å². The van der Waals surface area contributed by atoms with E-state index in [1.807, 2.05) is 0 Å². The van der Waals surface area contributed by atoms with E-state index in [1.165, 1.54) is 12.1 Å². The Labute approximate surface area is 93.0 Å². The van der Waals surface area contributed by atoms with Crippen LogP contribution in [0.3, 0.4) is 0 Å². The molecule has 84 valence electrons. The van der Waals surface area contributed by atoms with Crippen molar-refractivity contribution in [2.45, 2.75) is 6.10 Å². The highest BCUT2D eigenvalue weighted by Crippen LogP contribution is 2.25. The normalized spacial score (nSPS) is 12.8. The fourth-order valence-electron chi connectivity index (χ4n) is 1.27. The van der Waals surface area contributed by atoms with Gasteiger partial charge < -0.3 is 16.2 Å². The predicted molar refractivity (Wildman–Crippen MR) is 58.3 cm³/mol. The standard InChI is InChI=1S/C10H14ClFN2O/c11-7-2-1-3-8(12)10(7)9(15)6-14-5-4-13/h1-3,9,14-15H,4-6,13H2. The Hall–Kier alpha value is -0.680. The molecule has 0 saturated carbocycles. The van der Waals surface area contributed by atoms with Crippen molar-refractivity contribution < 1.29 is 9.50 Å². The molecule has 3 nitrogen and oxygen atoms in total. The van der Waals surface area contributed by atoms with Gasteiger partial charge in [0.05, 0.1) is 6.10 Å². The van der Waals surface area contributed by atoms with Gasteiger partial charge in [0.2, 0.25) is 0 Å². The van der Waals surface area contributed by atoms with Crippen LogP contribution in [0.2, 0.25) is 5.02 Å². The first kappa shape index (κ1) is 12.4. The van der Waals surface area contributed by atoms with E-state index in [1.54, 1.807) is 6.07 Å². The second-order valence-corrected chi connectivity index (χ2v) is 3.55. The summed E-state index contributed by atoms with van der Waals surface area (Å²) in [7, 11) is 0. The number of halogens is 2. The first-order valence-corrected chi connectivity index (χ1v) is 5.07. The molecule has 4 N–H and O–H groups in total. The molecule has 0 radical (unpaired) electrons. The molecule has 1 atom stereocenters. The first-order chi connectivity index (χ1) is 7.16. The smallest absolute Gasteiger partial charge is 0.130 e. The van der Waals surface area contributed by atoms with Crippen molar-refractivity contribution in [2.24, 2.45) is 5.73 Å². The molecule has 0 saturated heterocycles. The van der Waals surface area contributed by atoms with Crippen molar-refractivity contribution in [3.63, 3.8) is 0 Å². The summed E-state index contributed by atoms with van der Waals surface area (Å²) in [6, 6.07) is 4.32. The molecule has 1 unspecified atom stereocenters. The minimum absolute atomic E-state index is 0.128. The van der Waals surface area contributed by atoms with Crippen LogP contribution in [0.1, 0.15) is 11.7 Å². The van der Waals surface area contributed by atoms with Crippen LogP contribution in [-0.2, 0) is 0 Å². The summed E-state index contributed by atoms with van der Waals surface area (Å²) in [4.78, 5) is 0. The Morgan fingerprint density at radius 1 is 1.53 bits per heavy atom. The molecule has 1 rings (SSSR count). The van der Waals surface area contributed by atoms with Crippen molar-refractivity contribution in [3.8, 4) is 0 Å². The number of hydrogen-bond acceptors (Lipinski definition) is 3. The van der Waals surface area contributed by atoms with Crippen LogP contribution in [0.25, 0.3) is 0 Å². The third-order valence-electron chi connectivity index (χ3n) is 1.99. The molecule has 0 aromatic heterocycles. The lowest BCUT2D eigenvalue weighted by Crippen LogP contribution is -2.27. The minimum atomic E-state index is -0.953. The van der Waals surface area contributed by atoms with E-state index < -0.39 is 11.9 Å². The zero-order valence-corrected chi connectivity index (χ0v) is 8.97. The predicted octanol–water partition coefficient (Wildman–Crippen LogP) is 1.06. The quantitative estimate of drug-likeness (QED) is 0.666. The Morgan fingerprint density at radius 3 is 2.87 bits per heavy atom. The lowest BCUT2D eigenvalue weighted by molar-refractivity contribution is 0.171. The van der Waals surface area contributed by atoms with Crippen LogP contribution in [0.5, 0.6) is 0 Å².